The van der Waals surface area contributed by atoms with Crippen molar-refractivity contribution < 1.29 is 18.4 Å². The number of carbonyl (C=O) groups is 2. The average molecular weight is 466 g/mol. The maximum absolute atomic E-state index is 12.7. The molecule has 34 heavy (non-hydrogen) atoms. The fourth-order valence-electron chi connectivity index (χ4n) is 4.55. The first-order valence-corrected chi connectivity index (χ1v) is 11.2. The maximum Gasteiger partial charge on any atom is 0.254 e. The second kappa shape index (κ2) is 7.66. The Bertz CT molecular complexity index is 1400. The number of pyridine rings is 2. The Morgan fingerprint density at radius 1 is 1.29 bits per heavy atom. The summed E-state index contributed by atoms with van der Waals surface area (Å²) in [4.78, 5) is 36.1. The van der Waals surface area contributed by atoms with Crippen LogP contribution in [0.2, 0.25) is 0 Å². The zero-order valence-electron chi connectivity index (χ0n) is 21.5. The third-order valence-electron chi connectivity index (χ3n) is 7.02. The summed E-state index contributed by atoms with van der Waals surface area (Å²) in [5.41, 5.74) is 1.92. The van der Waals surface area contributed by atoms with Crippen molar-refractivity contribution in [2.45, 2.75) is 25.4 Å². The van der Waals surface area contributed by atoms with Gasteiger partial charge in [-0.2, -0.15) is 4.98 Å². The van der Waals surface area contributed by atoms with Gasteiger partial charge in [0.2, 0.25) is 11.9 Å². The maximum atomic E-state index is 12.7. The number of fused-ring (bicyclic) bond motifs is 1. The zero-order chi connectivity index (χ0) is 25.9. The minimum atomic E-state index is -2.68. The number of anilines is 4. The van der Waals surface area contributed by atoms with Crippen LogP contribution in [0.15, 0.2) is 30.6 Å². The predicted octanol–water partition coefficient (Wildman–Crippen LogP) is 1.80. The lowest BCUT2D eigenvalue weighted by Crippen LogP contribution is -2.51. The molecule has 4 heterocycles. The summed E-state index contributed by atoms with van der Waals surface area (Å²) < 4.78 is 29.1. The number of methoxy groups -OCH3 is 1. The lowest BCUT2D eigenvalue weighted by Gasteiger charge is -2.39. The molecule has 2 saturated carbocycles. The molecular formula is C23H26N8O3. The van der Waals surface area contributed by atoms with Crippen LogP contribution >= 0.6 is 0 Å². The van der Waals surface area contributed by atoms with Crippen molar-refractivity contribution in [3.8, 4) is 0 Å². The molecule has 176 valence electrons. The van der Waals surface area contributed by atoms with E-state index in [1.165, 1.54) is 12.3 Å². The lowest BCUT2D eigenvalue weighted by molar-refractivity contribution is -0.117. The Morgan fingerprint density at radius 2 is 2.15 bits per heavy atom. The lowest BCUT2D eigenvalue weighted by atomic mass is 10.1. The van der Waals surface area contributed by atoms with E-state index in [0.717, 1.165) is 38.0 Å². The number of aromatic nitrogens is 4. The molecule has 0 radical (unpaired) electrons. The fourth-order valence-corrected chi connectivity index (χ4v) is 4.55. The van der Waals surface area contributed by atoms with Gasteiger partial charge in [-0.15, -0.1) is 5.10 Å². The van der Waals surface area contributed by atoms with Crippen LogP contribution in [0.25, 0.3) is 5.65 Å². The zero-order valence-corrected chi connectivity index (χ0v) is 18.5. The third-order valence-corrected chi connectivity index (χ3v) is 7.02. The van der Waals surface area contributed by atoms with Gasteiger partial charge < -0.3 is 25.6 Å². The van der Waals surface area contributed by atoms with E-state index in [-0.39, 0.29) is 46.4 Å². The molecule has 1 saturated heterocycles. The molecule has 11 nitrogen and oxygen atoms in total. The number of rotatable bonds is 7. The first-order valence-electron chi connectivity index (χ1n) is 12.7. The summed E-state index contributed by atoms with van der Waals surface area (Å²) in [5.74, 6) is -0.512. The van der Waals surface area contributed by atoms with Crippen LogP contribution in [0, 0.1) is 11.3 Å². The number of hydrogen-bond acceptors (Lipinski definition) is 8. The number of ether oxygens (including phenoxy) is 1. The minimum Gasteiger partial charge on any atom is -0.378 e. The first-order chi connectivity index (χ1) is 17.6. The van der Waals surface area contributed by atoms with E-state index in [4.69, 9.17) is 8.85 Å². The highest BCUT2D eigenvalue weighted by Gasteiger charge is 2.65. The molecule has 0 bridgehead atoms. The van der Waals surface area contributed by atoms with Crippen molar-refractivity contribution in [1.29, 1.82) is 0 Å². The first kappa shape index (κ1) is 17.7. The van der Waals surface area contributed by atoms with Gasteiger partial charge in [0.1, 0.15) is 5.82 Å². The minimum absolute atomic E-state index is 0.0101. The van der Waals surface area contributed by atoms with Crippen LogP contribution in [0.5, 0.6) is 0 Å². The Balaban J connectivity index is 1.25. The molecule has 1 aliphatic heterocycles. The van der Waals surface area contributed by atoms with E-state index in [0.29, 0.717) is 5.65 Å². The summed E-state index contributed by atoms with van der Waals surface area (Å²) in [5, 5.41) is 12.2. The van der Waals surface area contributed by atoms with Crippen molar-refractivity contribution in [2.24, 2.45) is 11.3 Å². The molecule has 1 spiro atoms. The Morgan fingerprint density at radius 3 is 2.88 bits per heavy atom. The summed E-state index contributed by atoms with van der Waals surface area (Å²) in [6, 6.07) is 5.26. The number of amides is 2. The molecule has 2 amide bonds. The van der Waals surface area contributed by atoms with E-state index in [2.05, 4.69) is 30.6 Å². The normalized spacial score (nSPS) is 21.9. The van der Waals surface area contributed by atoms with Crippen molar-refractivity contribution in [3.63, 3.8) is 0 Å². The molecule has 11 heteroatoms. The van der Waals surface area contributed by atoms with Crippen LogP contribution in [-0.2, 0) is 9.53 Å². The predicted molar refractivity (Wildman–Crippen MR) is 125 cm³/mol. The second-order valence-electron chi connectivity index (χ2n) is 9.19. The van der Waals surface area contributed by atoms with E-state index >= 15 is 0 Å². The van der Waals surface area contributed by atoms with E-state index in [1.54, 1.807) is 11.6 Å². The molecule has 3 fully saturated rings. The molecule has 3 aromatic rings. The Kier molecular flexibility index (Phi) is 3.99. The van der Waals surface area contributed by atoms with Gasteiger partial charge in [0.05, 0.1) is 29.2 Å². The summed E-state index contributed by atoms with van der Waals surface area (Å²) in [6.45, 7) is -1.10. The van der Waals surface area contributed by atoms with Gasteiger partial charge in [0.25, 0.3) is 5.91 Å². The molecule has 3 aliphatic rings. The van der Waals surface area contributed by atoms with Gasteiger partial charge in [-0.3, -0.25) is 9.59 Å². The largest absolute Gasteiger partial charge is 0.378 e. The topological polar surface area (TPSA) is 126 Å². The van der Waals surface area contributed by atoms with E-state index in [9.17, 15) is 9.59 Å². The Hall–Kier alpha value is -3.73. The van der Waals surface area contributed by atoms with Gasteiger partial charge in [-0.05, 0) is 36.8 Å². The van der Waals surface area contributed by atoms with Crippen molar-refractivity contribution in [1.82, 2.24) is 24.9 Å². The third kappa shape index (κ3) is 3.61. The van der Waals surface area contributed by atoms with Crippen LogP contribution < -0.4 is 20.9 Å². The standard InChI is InChI=1S/C23H26N8O3/c1-24-20(32)15-9-25-18(27-21(33)16-8-23(16)5-6-23)7-17(15)26-22-28-19-4-3-13(10-31(19)29-22)30-11-14(12-30)34-2/h3-4,7,9-10,14,16H,5-6,8,11-12H2,1-2H3,(H,24,32)(H2,25,26,27,29,33)/t16-/m0/s1/i1D3. The van der Waals surface area contributed by atoms with Gasteiger partial charge >= 0.3 is 0 Å². The molecule has 3 N–H and O–H groups in total. The Labute approximate surface area is 200 Å². The van der Waals surface area contributed by atoms with Crippen molar-refractivity contribution >= 4 is 40.6 Å². The number of hydrogen-bond donors (Lipinski definition) is 3. The van der Waals surface area contributed by atoms with Gasteiger partial charge in [-0.1, -0.05) is 0 Å². The fraction of sp³-hybridized carbons (Fsp3) is 0.435. The molecule has 3 aromatic heterocycles. The van der Waals surface area contributed by atoms with Crippen molar-refractivity contribution in [2.75, 3.05) is 42.7 Å². The summed E-state index contributed by atoms with van der Waals surface area (Å²) >= 11 is 0. The number of nitrogens with zero attached hydrogens (tertiary/aromatic N) is 5. The highest BCUT2D eigenvalue weighted by atomic mass is 16.5. The van der Waals surface area contributed by atoms with E-state index < -0.39 is 12.9 Å². The smallest absolute Gasteiger partial charge is 0.254 e. The summed E-state index contributed by atoms with van der Waals surface area (Å²) in [6.07, 6.45) is 6.32. The number of nitrogens with one attached hydrogen (secondary N) is 3. The van der Waals surface area contributed by atoms with Crippen molar-refractivity contribution in [3.05, 3.63) is 36.2 Å². The highest BCUT2D eigenvalue weighted by Crippen LogP contribution is 2.70. The summed E-state index contributed by atoms with van der Waals surface area (Å²) in [7, 11) is 1.69. The van der Waals surface area contributed by atoms with Crippen LogP contribution in [0.3, 0.4) is 0 Å². The molecule has 0 unspecified atom stereocenters. The second-order valence-corrected chi connectivity index (χ2v) is 9.19. The van der Waals surface area contributed by atoms with Gasteiger partial charge in [0, 0.05) is 49.5 Å². The molecular weight excluding hydrogens is 436 g/mol. The SMILES string of the molecule is [2H]C([2H])([2H])NC(=O)c1cnc(NC(=O)[C@@H]2CC23CC3)cc1Nc1nc2ccc(N3CC(OC)C3)cn2n1. The molecule has 2 aliphatic carbocycles. The quantitative estimate of drug-likeness (QED) is 0.482. The van der Waals surface area contributed by atoms with Crippen LogP contribution in [0.1, 0.15) is 33.7 Å². The van der Waals surface area contributed by atoms with Gasteiger partial charge in [-0.25, -0.2) is 9.50 Å². The number of carbonyl (C=O) groups excluding carboxylic acids is 2. The molecule has 1 atom stereocenters. The van der Waals surface area contributed by atoms with Crippen LogP contribution in [0.4, 0.5) is 23.1 Å². The monoisotopic (exact) mass is 465 g/mol. The van der Waals surface area contributed by atoms with Gasteiger partial charge in [0.15, 0.2) is 5.65 Å². The molecule has 6 rings (SSSR count). The average Bonchev–Trinajstić information content (AvgIpc) is 3.69. The van der Waals surface area contributed by atoms with E-state index in [1.807, 2.05) is 23.6 Å². The van der Waals surface area contributed by atoms with Crippen LogP contribution in [-0.4, -0.2) is 64.7 Å². The highest BCUT2D eigenvalue weighted by molar-refractivity contribution is 6.01. The molecule has 0 aromatic carbocycles.